The number of nitrogens with one attached hydrogen (secondary N) is 2. The lowest BCUT2D eigenvalue weighted by Crippen LogP contribution is -2.11. The second-order valence-electron chi connectivity index (χ2n) is 6.94. The number of hydrazone groups is 1. The lowest BCUT2D eigenvalue weighted by Gasteiger charge is -2.13. The number of nitrogens with zero attached hydrogens (tertiary/aromatic N) is 3. The number of H-pyrrole nitrogens is 2. The number of hydrogen-bond donors (Lipinski definition) is 2. The van der Waals surface area contributed by atoms with Crippen LogP contribution < -0.4 is 10.7 Å². The summed E-state index contributed by atoms with van der Waals surface area (Å²) in [5, 5.41) is 6.81. The van der Waals surface area contributed by atoms with Crippen molar-refractivity contribution in [2.75, 3.05) is 11.6 Å². The molecule has 1 aromatic heterocycles. The number of imidazole rings is 1. The first-order valence-corrected chi connectivity index (χ1v) is 9.51. The minimum atomic E-state index is -0.211. The molecule has 0 fully saturated rings. The number of aliphatic imine (C=N–C) groups is 1. The van der Waals surface area contributed by atoms with Gasteiger partial charge in [0.15, 0.2) is 0 Å². The van der Waals surface area contributed by atoms with Gasteiger partial charge in [-0.25, -0.2) is 4.79 Å². The van der Waals surface area contributed by atoms with Crippen LogP contribution in [0.2, 0.25) is 0 Å². The summed E-state index contributed by atoms with van der Waals surface area (Å²) < 4.78 is 0. The third-order valence-corrected chi connectivity index (χ3v) is 4.96. The van der Waals surface area contributed by atoms with Gasteiger partial charge in [-0.3, -0.25) is 10.0 Å². The highest BCUT2D eigenvalue weighted by molar-refractivity contribution is 6.02. The van der Waals surface area contributed by atoms with E-state index in [1.165, 1.54) is 5.56 Å². The molecular weight excluding hydrogens is 362 g/mol. The van der Waals surface area contributed by atoms with Crippen LogP contribution in [0.5, 0.6) is 0 Å². The van der Waals surface area contributed by atoms with Gasteiger partial charge in [-0.05, 0) is 41.5 Å². The molecule has 3 aromatic carbocycles. The standard InChI is InChI=1S/C23H19N5O/c29-23-25-21-11-8-18(14-22(21)26-23)24-15-16-6-9-19(10-7-16)28-13-12-20(27-28)17-4-2-1-3-5-17/h1-11,14-15H,12-13H2,(H2,25,26,29). The van der Waals surface area contributed by atoms with Crippen molar-refractivity contribution in [1.29, 1.82) is 0 Å². The summed E-state index contributed by atoms with van der Waals surface area (Å²) in [6.07, 6.45) is 2.76. The Kier molecular flexibility index (Phi) is 4.29. The summed E-state index contributed by atoms with van der Waals surface area (Å²) in [6, 6.07) is 24.1. The molecule has 0 saturated heterocycles. The topological polar surface area (TPSA) is 76.6 Å². The maximum absolute atomic E-state index is 11.4. The Labute approximate surface area is 167 Å². The van der Waals surface area contributed by atoms with Crippen LogP contribution in [-0.4, -0.2) is 28.4 Å². The number of hydrogen-bond acceptors (Lipinski definition) is 4. The minimum Gasteiger partial charge on any atom is -0.306 e. The van der Waals surface area contributed by atoms with E-state index in [1.807, 2.05) is 59.8 Å². The Bertz CT molecular complexity index is 1270. The van der Waals surface area contributed by atoms with E-state index in [-0.39, 0.29) is 5.69 Å². The smallest absolute Gasteiger partial charge is 0.306 e. The zero-order valence-electron chi connectivity index (χ0n) is 15.7. The zero-order chi connectivity index (χ0) is 19.6. The van der Waals surface area contributed by atoms with Gasteiger partial charge in [-0.2, -0.15) is 5.10 Å². The van der Waals surface area contributed by atoms with Crippen LogP contribution in [0.3, 0.4) is 0 Å². The van der Waals surface area contributed by atoms with Gasteiger partial charge in [-0.1, -0.05) is 42.5 Å². The van der Waals surface area contributed by atoms with Gasteiger partial charge in [0.25, 0.3) is 0 Å². The highest BCUT2D eigenvalue weighted by Gasteiger charge is 2.16. The molecule has 6 heteroatoms. The van der Waals surface area contributed by atoms with Crippen molar-refractivity contribution in [3.8, 4) is 0 Å². The molecule has 29 heavy (non-hydrogen) atoms. The predicted molar refractivity (Wildman–Crippen MR) is 118 cm³/mol. The molecule has 2 heterocycles. The molecule has 5 rings (SSSR count). The van der Waals surface area contributed by atoms with Crippen molar-refractivity contribution in [2.45, 2.75) is 6.42 Å². The molecule has 0 bridgehead atoms. The average Bonchev–Trinajstić information content (AvgIpc) is 3.39. The number of anilines is 1. The van der Waals surface area contributed by atoms with E-state index in [0.717, 1.165) is 46.6 Å². The van der Waals surface area contributed by atoms with E-state index in [9.17, 15) is 4.79 Å². The fourth-order valence-electron chi connectivity index (χ4n) is 3.46. The number of fused-ring (bicyclic) bond motifs is 1. The van der Waals surface area contributed by atoms with Crippen molar-refractivity contribution >= 4 is 34.3 Å². The van der Waals surface area contributed by atoms with E-state index < -0.39 is 0 Å². The molecule has 0 unspecified atom stereocenters. The SMILES string of the molecule is O=c1[nH]c2ccc(N=Cc3ccc(N4CCC(c5ccccc5)=N4)cc3)cc2[nH]1. The molecule has 142 valence electrons. The van der Waals surface area contributed by atoms with Gasteiger partial charge in [-0.15, -0.1) is 0 Å². The Morgan fingerprint density at radius 1 is 0.931 bits per heavy atom. The van der Waals surface area contributed by atoms with Crippen molar-refractivity contribution in [3.05, 3.63) is 94.4 Å². The van der Waals surface area contributed by atoms with Crippen molar-refractivity contribution < 1.29 is 0 Å². The minimum absolute atomic E-state index is 0.211. The van der Waals surface area contributed by atoms with Crippen molar-refractivity contribution in [2.24, 2.45) is 10.1 Å². The molecule has 1 aliphatic heterocycles. The van der Waals surface area contributed by atoms with E-state index in [1.54, 1.807) is 0 Å². The largest absolute Gasteiger partial charge is 0.323 e. The van der Waals surface area contributed by atoms with Crippen LogP contribution in [-0.2, 0) is 0 Å². The second-order valence-corrected chi connectivity index (χ2v) is 6.94. The lowest BCUT2D eigenvalue weighted by molar-refractivity contribution is 0.922. The number of rotatable bonds is 4. The normalized spacial score (nSPS) is 14.1. The fraction of sp³-hybridized carbons (Fsp3) is 0.0870. The Balaban J connectivity index is 1.31. The van der Waals surface area contributed by atoms with Crippen LogP contribution in [0.25, 0.3) is 11.0 Å². The van der Waals surface area contributed by atoms with E-state index in [2.05, 4.69) is 39.2 Å². The van der Waals surface area contributed by atoms with Crippen LogP contribution in [0, 0.1) is 0 Å². The molecule has 4 aromatic rings. The van der Waals surface area contributed by atoms with Crippen molar-refractivity contribution in [1.82, 2.24) is 9.97 Å². The van der Waals surface area contributed by atoms with Gasteiger partial charge in [0, 0.05) is 19.2 Å². The fourth-order valence-corrected chi connectivity index (χ4v) is 3.46. The predicted octanol–water partition coefficient (Wildman–Crippen LogP) is 4.22. The second kappa shape index (κ2) is 7.24. The molecular formula is C23H19N5O. The van der Waals surface area contributed by atoms with Crippen LogP contribution in [0.15, 0.2) is 87.7 Å². The van der Waals surface area contributed by atoms with Gasteiger partial charge in [0.2, 0.25) is 0 Å². The summed E-state index contributed by atoms with van der Waals surface area (Å²) in [5.41, 5.74) is 6.47. The number of aromatic amines is 2. The molecule has 2 N–H and O–H groups in total. The van der Waals surface area contributed by atoms with Gasteiger partial charge in [0.05, 0.1) is 28.1 Å². The monoisotopic (exact) mass is 381 g/mol. The maximum atomic E-state index is 11.4. The first-order valence-electron chi connectivity index (χ1n) is 9.51. The quantitative estimate of drug-likeness (QED) is 0.519. The molecule has 0 aliphatic carbocycles. The Hall–Kier alpha value is -3.93. The number of aromatic nitrogens is 2. The highest BCUT2D eigenvalue weighted by atomic mass is 16.1. The molecule has 0 radical (unpaired) electrons. The van der Waals surface area contributed by atoms with E-state index >= 15 is 0 Å². The first-order chi connectivity index (χ1) is 14.2. The van der Waals surface area contributed by atoms with E-state index in [4.69, 9.17) is 5.10 Å². The Morgan fingerprint density at radius 3 is 2.55 bits per heavy atom. The summed E-state index contributed by atoms with van der Waals surface area (Å²) in [4.78, 5) is 21.3. The van der Waals surface area contributed by atoms with Crippen molar-refractivity contribution in [3.63, 3.8) is 0 Å². The van der Waals surface area contributed by atoms with Crippen LogP contribution >= 0.6 is 0 Å². The maximum Gasteiger partial charge on any atom is 0.323 e. The molecule has 0 amide bonds. The van der Waals surface area contributed by atoms with Gasteiger partial charge < -0.3 is 9.97 Å². The molecule has 0 atom stereocenters. The molecule has 0 spiro atoms. The first kappa shape index (κ1) is 17.2. The van der Waals surface area contributed by atoms with Gasteiger partial charge in [0.1, 0.15) is 0 Å². The summed E-state index contributed by atoms with van der Waals surface area (Å²) in [7, 11) is 0. The average molecular weight is 381 g/mol. The zero-order valence-corrected chi connectivity index (χ0v) is 15.7. The summed E-state index contributed by atoms with van der Waals surface area (Å²) in [5.74, 6) is 0. The highest BCUT2D eigenvalue weighted by Crippen LogP contribution is 2.22. The molecule has 6 nitrogen and oxygen atoms in total. The Morgan fingerprint density at radius 2 is 1.72 bits per heavy atom. The van der Waals surface area contributed by atoms with Gasteiger partial charge >= 0.3 is 5.69 Å². The molecule has 0 saturated carbocycles. The van der Waals surface area contributed by atoms with Crippen LogP contribution in [0.4, 0.5) is 11.4 Å². The third kappa shape index (κ3) is 3.60. The molecule has 1 aliphatic rings. The number of benzene rings is 3. The third-order valence-electron chi connectivity index (χ3n) is 4.96. The van der Waals surface area contributed by atoms with E-state index in [0.29, 0.717) is 0 Å². The summed E-state index contributed by atoms with van der Waals surface area (Å²) >= 11 is 0. The summed E-state index contributed by atoms with van der Waals surface area (Å²) in [6.45, 7) is 0.881. The van der Waals surface area contributed by atoms with Crippen LogP contribution in [0.1, 0.15) is 17.5 Å². The lowest BCUT2D eigenvalue weighted by atomic mass is 10.1.